The van der Waals surface area contributed by atoms with E-state index in [-0.39, 0.29) is 5.60 Å². The van der Waals surface area contributed by atoms with Gasteiger partial charge < -0.3 is 14.8 Å². The third kappa shape index (κ3) is 4.49. The van der Waals surface area contributed by atoms with Crippen LogP contribution in [0, 0.1) is 5.41 Å². The Balaban J connectivity index is 2.24. The van der Waals surface area contributed by atoms with Gasteiger partial charge >= 0.3 is 0 Å². The molecule has 0 amide bonds. The van der Waals surface area contributed by atoms with Crippen molar-refractivity contribution >= 4 is 0 Å². The van der Waals surface area contributed by atoms with Crippen molar-refractivity contribution in [2.45, 2.75) is 39.2 Å². The summed E-state index contributed by atoms with van der Waals surface area (Å²) in [4.78, 5) is 0. The SMILES string of the molecule is COC(C)(C)CNCC1(C)CCOCC1. The summed E-state index contributed by atoms with van der Waals surface area (Å²) < 4.78 is 10.8. The average molecular weight is 215 g/mol. The van der Waals surface area contributed by atoms with Gasteiger partial charge in [0.15, 0.2) is 0 Å². The molecular weight excluding hydrogens is 190 g/mol. The Labute approximate surface area is 93.5 Å². The van der Waals surface area contributed by atoms with E-state index in [1.54, 1.807) is 7.11 Å². The summed E-state index contributed by atoms with van der Waals surface area (Å²) in [5.74, 6) is 0. The number of hydrogen-bond acceptors (Lipinski definition) is 3. The van der Waals surface area contributed by atoms with Crippen LogP contribution >= 0.6 is 0 Å². The fourth-order valence-corrected chi connectivity index (χ4v) is 1.78. The van der Waals surface area contributed by atoms with Crippen LogP contribution in [0.2, 0.25) is 0 Å². The van der Waals surface area contributed by atoms with Crippen LogP contribution in [0.4, 0.5) is 0 Å². The summed E-state index contributed by atoms with van der Waals surface area (Å²) in [5, 5.41) is 3.51. The lowest BCUT2D eigenvalue weighted by atomic mass is 9.82. The Kier molecular flexibility index (Phi) is 4.56. The van der Waals surface area contributed by atoms with Gasteiger partial charge in [0.25, 0.3) is 0 Å². The van der Waals surface area contributed by atoms with Gasteiger partial charge in [0.1, 0.15) is 0 Å². The summed E-state index contributed by atoms with van der Waals surface area (Å²) in [7, 11) is 1.76. The van der Waals surface area contributed by atoms with Crippen molar-refractivity contribution in [3.8, 4) is 0 Å². The second kappa shape index (κ2) is 5.28. The summed E-state index contributed by atoms with van der Waals surface area (Å²) >= 11 is 0. The molecule has 1 fully saturated rings. The molecule has 0 bridgehead atoms. The Morgan fingerprint density at radius 3 is 2.47 bits per heavy atom. The monoisotopic (exact) mass is 215 g/mol. The van der Waals surface area contributed by atoms with E-state index in [0.717, 1.165) is 39.1 Å². The van der Waals surface area contributed by atoms with Crippen molar-refractivity contribution in [1.82, 2.24) is 5.32 Å². The Morgan fingerprint density at radius 1 is 1.33 bits per heavy atom. The first-order valence-corrected chi connectivity index (χ1v) is 5.81. The molecule has 90 valence electrons. The van der Waals surface area contributed by atoms with Crippen LogP contribution in [-0.4, -0.2) is 39.0 Å². The van der Waals surface area contributed by atoms with Crippen LogP contribution in [0.15, 0.2) is 0 Å². The van der Waals surface area contributed by atoms with Crippen LogP contribution in [-0.2, 0) is 9.47 Å². The van der Waals surface area contributed by atoms with Gasteiger partial charge in [0.05, 0.1) is 5.60 Å². The van der Waals surface area contributed by atoms with E-state index in [9.17, 15) is 0 Å². The topological polar surface area (TPSA) is 30.5 Å². The first-order valence-electron chi connectivity index (χ1n) is 5.81. The zero-order chi connectivity index (χ0) is 11.4. The van der Waals surface area contributed by atoms with Gasteiger partial charge in [-0.25, -0.2) is 0 Å². The number of hydrogen-bond donors (Lipinski definition) is 1. The maximum atomic E-state index is 5.38. The highest BCUT2D eigenvalue weighted by Gasteiger charge is 2.27. The molecular formula is C12H25NO2. The number of methoxy groups -OCH3 is 1. The van der Waals surface area contributed by atoms with Gasteiger partial charge in [0, 0.05) is 33.4 Å². The van der Waals surface area contributed by atoms with E-state index in [0.29, 0.717) is 5.41 Å². The van der Waals surface area contributed by atoms with Crippen LogP contribution in [0.5, 0.6) is 0 Å². The molecule has 0 aromatic heterocycles. The van der Waals surface area contributed by atoms with Crippen molar-refractivity contribution in [1.29, 1.82) is 0 Å². The molecule has 1 N–H and O–H groups in total. The van der Waals surface area contributed by atoms with Crippen molar-refractivity contribution in [3.63, 3.8) is 0 Å². The maximum absolute atomic E-state index is 5.38. The average Bonchev–Trinajstić information content (AvgIpc) is 2.18. The standard InChI is InChI=1S/C12H25NO2/c1-11(2,14-4)9-13-10-12(3)5-7-15-8-6-12/h13H,5-10H2,1-4H3. The highest BCUT2D eigenvalue weighted by molar-refractivity contribution is 4.81. The lowest BCUT2D eigenvalue weighted by Crippen LogP contribution is -2.43. The fraction of sp³-hybridized carbons (Fsp3) is 1.00. The lowest BCUT2D eigenvalue weighted by Gasteiger charge is -2.35. The number of nitrogens with one attached hydrogen (secondary N) is 1. The van der Waals surface area contributed by atoms with Gasteiger partial charge in [-0.05, 0) is 32.1 Å². The first kappa shape index (κ1) is 12.9. The van der Waals surface area contributed by atoms with E-state index in [4.69, 9.17) is 9.47 Å². The predicted molar refractivity (Wildman–Crippen MR) is 62.1 cm³/mol. The van der Waals surface area contributed by atoms with Crippen LogP contribution in [0.1, 0.15) is 33.6 Å². The molecule has 3 heteroatoms. The lowest BCUT2D eigenvalue weighted by molar-refractivity contribution is 0.00707. The zero-order valence-electron chi connectivity index (χ0n) is 10.6. The molecule has 1 aliphatic rings. The molecule has 0 aromatic carbocycles. The minimum absolute atomic E-state index is 0.0679. The first-order chi connectivity index (χ1) is 6.97. The van der Waals surface area contributed by atoms with Crippen molar-refractivity contribution in [3.05, 3.63) is 0 Å². The molecule has 0 saturated carbocycles. The predicted octanol–water partition coefficient (Wildman–Crippen LogP) is 1.82. The maximum Gasteiger partial charge on any atom is 0.0746 e. The molecule has 1 saturated heterocycles. The molecule has 0 aromatic rings. The molecule has 0 radical (unpaired) electrons. The third-order valence-electron chi connectivity index (χ3n) is 3.35. The Hall–Kier alpha value is -0.120. The zero-order valence-corrected chi connectivity index (χ0v) is 10.6. The highest BCUT2D eigenvalue weighted by Crippen LogP contribution is 2.28. The highest BCUT2D eigenvalue weighted by atomic mass is 16.5. The van der Waals surface area contributed by atoms with E-state index in [1.807, 2.05) is 0 Å². The van der Waals surface area contributed by atoms with Crippen molar-refractivity contribution < 1.29 is 9.47 Å². The normalized spacial score (nSPS) is 21.6. The molecule has 0 atom stereocenters. The second-order valence-electron chi connectivity index (χ2n) is 5.49. The number of ether oxygens (including phenoxy) is 2. The molecule has 0 unspecified atom stereocenters. The van der Waals surface area contributed by atoms with Crippen LogP contribution in [0.3, 0.4) is 0 Å². The quantitative estimate of drug-likeness (QED) is 0.759. The molecule has 1 aliphatic heterocycles. The van der Waals surface area contributed by atoms with Gasteiger partial charge in [0.2, 0.25) is 0 Å². The number of rotatable bonds is 5. The Morgan fingerprint density at radius 2 is 1.93 bits per heavy atom. The van der Waals surface area contributed by atoms with Crippen molar-refractivity contribution in [2.75, 3.05) is 33.4 Å². The summed E-state index contributed by atoms with van der Waals surface area (Å²) in [6.07, 6.45) is 2.32. The van der Waals surface area contributed by atoms with Crippen LogP contribution in [0.25, 0.3) is 0 Å². The van der Waals surface area contributed by atoms with E-state index >= 15 is 0 Å². The minimum Gasteiger partial charge on any atom is -0.381 e. The summed E-state index contributed by atoms with van der Waals surface area (Å²) in [6.45, 7) is 10.3. The molecule has 15 heavy (non-hydrogen) atoms. The minimum atomic E-state index is -0.0679. The van der Waals surface area contributed by atoms with Gasteiger partial charge in [-0.3, -0.25) is 0 Å². The van der Waals surface area contributed by atoms with E-state index in [2.05, 4.69) is 26.1 Å². The van der Waals surface area contributed by atoms with Crippen molar-refractivity contribution in [2.24, 2.45) is 5.41 Å². The van der Waals surface area contributed by atoms with Gasteiger partial charge in [-0.15, -0.1) is 0 Å². The summed E-state index contributed by atoms with van der Waals surface area (Å²) in [5.41, 5.74) is 0.337. The fourth-order valence-electron chi connectivity index (χ4n) is 1.78. The van der Waals surface area contributed by atoms with Gasteiger partial charge in [-0.1, -0.05) is 6.92 Å². The van der Waals surface area contributed by atoms with E-state index in [1.165, 1.54) is 0 Å². The molecule has 1 rings (SSSR count). The molecule has 0 aliphatic carbocycles. The molecule has 1 heterocycles. The largest absolute Gasteiger partial charge is 0.381 e. The Bertz CT molecular complexity index is 186. The smallest absolute Gasteiger partial charge is 0.0746 e. The molecule has 0 spiro atoms. The third-order valence-corrected chi connectivity index (χ3v) is 3.35. The summed E-state index contributed by atoms with van der Waals surface area (Å²) in [6, 6.07) is 0. The molecule has 3 nitrogen and oxygen atoms in total. The second-order valence-corrected chi connectivity index (χ2v) is 5.49. The van der Waals surface area contributed by atoms with E-state index < -0.39 is 0 Å². The van der Waals surface area contributed by atoms with Crippen LogP contribution < -0.4 is 5.32 Å². The van der Waals surface area contributed by atoms with Gasteiger partial charge in [-0.2, -0.15) is 0 Å².